The van der Waals surface area contributed by atoms with Crippen LogP contribution in [0.2, 0.25) is 0 Å². The predicted molar refractivity (Wildman–Crippen MR) is 100 cm³/mol. The van der Waals surface area contributed by atoms with Gasteiger partial charge in [-0.15, -0.1) is 0 Å². The molecule has 0 aromatic rings. The van der Waals surface area contributed by atoms with Crippen LogP contribution in [0.1, 0.15) is 65.2 Å². The Labute approximate surface area is 147 Å². The minimum absolute atomic E-state index is 0.204. The van der Waals surface area contributed by atoms with Crippen molar-refractivity contribution in [2.75, 3.05) is 26.7 Å². The highest BCUT2D eigenvalue weighted by molar-refractivity contribution is 5.80. The van der Waals surface area contributed by atoms with Crippen molar-refractivity contribution in [3.05, 3.63) is 0 Å². The lowest BCUT2D eigenvalue weighted by Gasteiger charge is -2.34. The van der Waals surface area contributed by atoms with Crippen LogP contribution in [0, 0.1) is 11.8 Å². The van der Waals surface area contributed by atoms with E-state index < -0.39 is 0 Å². The normalized spacial score (nSPS) is 19.7. The van der Waals surface area contributed by atoms with Gasteiger partial charge in [0.15, 0.2) is 5.96 Å². The molecule has 0 radical (unpaired) electrons. The molecule has 5 nitrogen and oxygen atoms in total. The van der Waals surface area contributed by atoms with Crippen molar-refractivity contribution in [1.82, 2.24) is 15.5 Å². The summed E-state index contributed by atoms with van der Waals surface area (Å²) >= 11 is 0. The molecular formula is C19H36N4O. The van der Waals surface area contributed by atoms with Crippen molar-refractivity contribution in [1.29, 1.82) is 0 Å². The number of amides is 1. The summed E-state index contributed by atoms with van der Waals surface area (Å²) in [5, 5.41) is 6.96. The summed E-state index contributed by atoms with van der Waals surface area (Å²) in [6.45, 7) is 6.96. The molecule has 0 unspecified atom stereocenters. The summed E-state index contributed by atoms with van der Waals surface area (Å²) in [6, 6.07) is 0.422. The molecule has 2 rings (SSSR count). The average Bonchev–Trinajstić information content (AvgIpc) is 3.43. The van der Waals surface area contributed by atoms with Gasteiger partial charge in [0.2, 0.25) is 5.91 Å². The van der Waals surface area contributed by atoms with Crippen molar-refractivity contribution >= 4 is 11.9 Å². The molecule has 0 aromatic heterocycles. The Kier molecular flexibility index (Phi) is 7.86. The number of piperidine rings is 1. The first kappa shape index (κ1) is 19.1. The zero-order chi connectivity index (χ0) is 17.4. The number of carbonyl (C=O) groups excluding carboxylic acids is 1. The van der Waals surface area contributed by atoms with E-state index in [2.05, 4.69) is 34.4 Å². The third-order valence-corrected chi connectivity index (χ3v) is 5.48. The van der Waals surface area contributed by atoms with Gasteiger partial charge >= 0.3 is 0 Å². The average molecular weight is 337 g/mol. The summed E-state index contributed by atoms with van der Waals surface area (Å²) in [5.74, 6) is 2.46. The highest BCUT2D eigenvalue weighted by Crippen LogP contribution is 2.33. The van der Waals surface area contributed by atoms with E-state index in [1.54, 1.807) is 0 Å². The van der Waals surface area contributed by atoms with Crippen LogP contribution in [0.25, 0.3) is 0 Å². The summed E-state index contributed by atoms with van der Waals surface area (Å²) in [5.41, 5.74) is 0. The van der Waals surface area contributed by atoms with Crippen LogP contribution in [0.3, 0.4) is 0 Å². The first-order valence-corrected chi connectivity index (χ1v) is 9.93. The van der Waals surface area contributed by atoms with Gasteiger partial charge in [0.05, 0.1) is 0 Å². The molecule has 2 aliphatic rings. The standard InChI is InChI=1S/C19H36N4O/c1-4-16(5-2)18(24)23-13-10-17(11-14-23)22-19(20-3)21-12-6-7-15-8-9-15/h15-17H,4-14H2,1-3H3,(H2,20,21,22). The summed E-state index contributed by atoms with van der Waals surface area (Å²) in [6.07, 6.45) is 9.36. The Morgan fingerprint density at radius 1 is 1.17 bits per heavy atom. The number of likely N-dealkylation sites (tertiary alicyclic amines) is 1. The molecule has 0 aromatic carbocycles. The zero-order valence-electron chi connectivity index (χ0n) is 15.8. The number of aliphatic imine (C=N–C) groups is 1. The van der Waals surface area contributed by atoms with E-state index in [1.807, 2.05) is 7.05 Å². The fourth-order valence-corrected chi connectivity index (χ4v) is 3.53. The molecule has 1 saturated carbocycles. The smallest absolute Gasteiger partial charge is 0.225 e. The minimum atomic E-state index is 0.204. The number of nitrogens with zero attached hydrogens (tertiary/aromatic N) is 2. The third kappa shape index (κ3) is 5.99. The van der Waals surface area contributed by atoms with Crippen molar-refractivity contribution in [3.63, 3.8) is 0 Å². The molecule has 138 valence electrons. The van der Waals surface area contributed by atoms with Gasteiger partial charge in [-0.3, -0.25) is 9.79 Å². The van der Waals surface area contributed by atoms with Crippen LogP contribution in [0.5, 0.6) is 0 Å². The molecule has 24 heavy (non-hydrogen) atoms. The maximum atomic E-state index is 12.4. The van der Waals surface area contributed by atoms with Gasteiger partial charge in [0.1, 0.15) is 0 Å². The van der Waals surface area contributed by atoms with E-state index in [0.717, 1.165) is 57.2 Å². The van der Waals surface area contributed by atoms with E-state index in [4.69, 9.17) is 0 Å². The van der Waals surface area contributed by atoms with Crippen molar-refractivity contribution in [2.45, 2.75) is 71.3 Å². The highest BCUT2D eigenvalue weighted by Gasteiger charge is 2.26. The number of hydrogen-bond acceptors (Lipinski definition) is 2. The molecule has 0 atom stereocenters. The van der Waals surface area contributed by atoms with Crippen molar-refractivity contribution in [2.24, 2.45) is 16.8 Å². The Hall–Kier alpha value is -1.26. The Morgan fingerprint density at radius 2 is 1.83 bits per heavy atom. The van der Waals surface area contributed by atoms with Crippen LogP contribution >= 0.6 is 0 Å². The molecular weight excluding hydrogens is 300 g/mol. The predicted octanol–water partition coefficient (Wildman–Crippen LogP) is 2.77. The lowest BCUT2D eigenvalue weighted by molar-refractivity contribution is -0.136. The van der Waals surface area contributed by atoms with E-state index in [-0.39, 0.29) is 5.92 Å². The van der Waals surface area contributed by atoms with E-state index in [0.29, 0.717) is 11.9 Å². The van der Waals surface area contributed by atoms with Gasteiger partial charge in [-0.05, 0) is 44.4 Å². The Morgan fingerprint density at radius 3 is 2.38 bits per heavy atom. The van der Waals surface area contributed by atoms with Crippen LogP contribution in [0.15, 0.2) is 4.99 Å². The number of guanidine groups is 1. The first-order chi connectivity index (χ1) is 11.7. The monoisotopic (exact) mass is 336 g/mol. The van der Waals surface area contributed by atoms with Gasteiger partial charge in [0.25, 0.3) is 0 Å². The molecule has 1 aliphatic carbocycles. The SMILES string of the molecule is CCC(CC)C(=O)N1CCC(NC(=NC)NCCCC2CC2)CC1. The number of hydrogen-bond donors (Lipinski definition) is 2. The van der Waals surface area contributed by atoms with Crippen LogP contribution in [-0.2, 0) is 4.79 Å². The number of carbonyl (C=O) groups is 1. The topological polar surface area (TPSA) is 56.7 Å². The lowest BCUT2D eigenvalue weighted by Crippen LogP contribution is -2.50. The molecule has 0 spiro atoms. The molecule has 1 saturated heterocycles. The quantitative estimate of drug-likeness (QED) is 0.407. The maximum absolute atomic E-state index is 12.4. The molecule has 2 fully saturated rings. The number of nitrogens with one attached hydrogen (secondary N) is 2. The summed E-state index contributed by atoms with van der Waals surface area (Å²) in [7, 11) is 1.84. The largest absolute Gasteiger partial charge is 0.356 e. The minimum Gasteiger partial charge on any atom is -0.356 e. The lowest BCUT2D eigenvalue weighted by atomic mass is 9.98. The molecule has 2 N–H and O–H groups in total. The van der Waals surface area contributed by atoms with E-state index >= 15 is 0 Å². The molecule has 1 aliphatic heterocycles. The summed E-state index contributed by atoms with van der Waals surface area (Å²) < 4.78 is 0. The fourth-order valence-electron chi connectivity index (χ4n) is 3.53. The van der Waals surface area contributed by atoms with Gasteiger partial charge < -0.3 is 15.5 Å². The van der Waals surface area contributed by atoms with Gasteiger partial charge in [-0.2, -0.15) is 0 Å². The fraction of sp³-hybridized carbons (Fsp3) is 0.895. The van der Waals surface area contributed by atoms with Crippen LogP contribution in [0.4, 0.5) is 0 Å². The van der Waals surface area contributed by atoms with Crippen LogP contribution < -0.4 is 10.6 Å². The highest BCUT2D eigenvalue weighted by atomic mass is 16.2. The second-order valence-corrected chi connectivity index (χ2v) is 7.34. The van der Waals surface area contributed by atoms with Gasteiger partial charge in [0, 0.05) is 38.6 Å². The number of rotatable bonds is 8. The van der Waals surface area contributed by atoms with Crippen molar-refractivity contribution < 1.29 is 4.79 Å². The van der Waals surface area contributed by atoms with E-state index in [9.17, 15) is 4.79 Å². The molecule has 5 heteroatoms. The maximum Gasteiger partial charge on any atom is 0.225 e. The molecule has 1 heterocycles. The van der Waals surface area contributed by atoms with Gasteiger partial charge in [-0.1, -0.05) is 26.7 Å². The van der Waals surface area contributed by atoms with Crippen molar-refractivity contribution in [3.8, 4) is 0 Å². The zero-order valence-corrected chi connectivity index (χ0v) is 15.8. The third-order valence-electron chi connectivity index (χ3n) is 5.48. The molecule has 1 amide bonds. The van der Waals surface area contributed by atoms with E-state index in [1.165, 1.54) is 25.7 Å². The first-order valence-electron chi connectivity index (χ1n) is 9.93. The van der Waals surface area contributed by atoms with Crippen LogP contribution in [-0.4, -0.2) is 49.5 Å². The molecule has 0 bridgehead atoms. The Bertz CT molecular complexity index is 408. The summed E-state index contributed by atoms with van der Waals surface area (Å²) in [4.78, 5) is 18.8. The van der Waals surface area contributed by atoms with Gasteiger partial charge in [-0.25, -0.2) is 0 Å². The second kappa shape index (κ2) is 9.90. The second-order valence-electron chi connectivity index (χ2n) is 7.34. The Balaban J connectivity index is 1.65.